The standard InChI is InChI=1S/C10H18N2O2/c1-3-11-6-10(7-11)4-5-12(8-10)9(13)14-2/h3-8H2,1-2H3. The second-order valence-corrected chi connectivity index (χ2v) is 4.44. The fraction of sp³-hybridized carbons (Fsp3) is 0.900. The third-order valence-corrected chi connectivity index (χ3v) is 3.44. The Morgan fingerprint density at radius 1 is 1.43 bits per heavy atom. The zero-order valence-electron chi connectivity index (χ0n) is 8.95. The number of hydrogen-bond acceptors (Lipinski definition) is 3. The number of ether oxygens (including phenoxy) is 1. The second kappa shape index (κ2) is 3.42. The van der Waals surface area contributed by atoms with Crippen LogP contribution in [0, 0.1) is 5.41 Å². The van der Waals surface area contributed by atoms with Crippen LogP contribution in [0.15, 0.2) is 0 Å². The Balaban J connectivity index is 1.87. The van der Waals surface area contributed by atoms with E-state index in [0.29, 0.717) is 5.41 Å². The molecule has 2 aliphatic heterocycles. The van der Waals surface area contributed by atoms with Crippen molar-refractivity contribution in [3.05, 3.63) is 0 Å². The number of hydrogen-bond donors (Lipinski definition) is 0. The lowest BCUT2D eigenvalue weighted by molar-refractivity contribution is 0.0129. The predicted octanol–water partition coefficient (Wildman–Crippen LogP) is 0.780. The van der Waals surface area contributed by atoms with Gasteiger partial charge in [0, 0.05) is 31.6 Å². The third-order valence-electron chi connectivity index (χ3n) is 3.44. The van der Waals surface area contributed by atoms with Crippen LogP contribution >= 0.6 is 0 Å². The molecule has 2 saturated heterocycles. The van der Waals surface area contributed by atoms with E-state index in [1.807, 2.05) is 4.90 Å². The number of carbonyl (C=O) groups excluding carboxylic acids is 1. The van der Waals surface area contributed by atoms with Crippen LogP contribution in [0.2, 0.25) is 0 Å². The second-order valence-electron chi connectivity index (χ2n) is 4.44. The summed E-state index contributed by atoms with van der Waals surface area (Å²) in [6, 6.07) is 0. The largest absolute Gasteiger partial charge is 0.453 e. The highest BCUT2D eigenvalue weighted by Gasteiger charge is 2.48. The molecule has 0 aliphatic carbocycles. The molecule has 1 spiro atoms. The van der Waals surface area contributed by atoms with E-state index >= 15 is 0 Å². The molecule has 0 unspecified atom stereocenters. The van der Waals surface area contributed by atoms with E-state index in [-0.39, 0.29) is 6.09 Å². The molecule has 0 radical (unpaired) electrons. The summed E-state index contributed by atoms with van der Waals surface area (Å²) in [7, 11) is 1.45. The smallest absolute Gasteiger partial charge is 0.409 e. The highest BCUT2D eigenvalue weighted by molar-refractivity contribution is 5.67. The minimum Gasteiger partial charge on any atom is -0.453 e. The molecule has 80 valence electrons. The minimum atomic E-state index is -0.170. The van der Waals surface area contributed by atoms with E-state index in [1.165, 1.54) is 7.11 Å². The van der Waals surface area contributed by atoms with Crippen LogP contribution in [0.4, 0.5) is 4.79 Å². The summed E-state index contributed by atoms with van der Waals surface area (Å²) in [5.41, 5.74) is 0.393. The van der Waals surface area contributed by atoms with Gasteiger partial charge in [-0.15, -0.1) is 0 Å². The van der Waals surface area contributed by atoms with Crippen molar-refractivity contribution in [2.45, 2.75) is 13.3 Å². The molecule has 0 bridgehead atoms. The van der Waals surface area contributed by atoms with E-state index in [1.54, 1.807) is 0 Å². The van der Waals surface area contributed by atoms with Gasteiger partial charge >= 0.3 is 6.09 Å². The van der Waals surface area contributed by atoms with Gasteiger partial charge < -0.3 is 14.5 Å². The van der Waals surface area contributed by atoms with Gasteiger partial charge in [-0.1, -0.05) is 6.92 Å². The quantitative estimate of drug-likeness (QED) is 0.624. The Labute approximate surface area is 84.8 Å². The molecule has 2 fully saturated rings. The number of likely N-dealkylation sites (tertiary alicyclic amines) is 2. The van der Waals surface area contributed by atoms with Crippen molar-refractivity contribution < 1.29 is 9.53 Å². The highest BCUT2D eigenvalue weighted by atomic mass is 16.5. The summed E-state index contributed by atoms with van der Waals surface area (Å²) in [6.07, 6.45) is 0.968. The van der Waals surface area contributed by atoms with Crippen LogP contribution < -0.4 is 0 Å². The van der Waals surface area contributed by atoms with Gasteiger partial charge in [0.2, 0.25) is 0 Å². The lowest BCUT2D eigenvalue weighted by atomic mass is 9.79. The van der Waals surface area contributed by atoms with Crippen molar-refractivity contribution in [1.29, 1.82) is 0 Å². The Bertz CT molecular complexity index is 236. The highest BCUT2D eigenvalue weighted by Crippen LogP contribution is 2.39. The lowest BCUT2D eigenvalue weighted by Crippen LogP contribution is -2.57. The molecular formula is C10H18N2O2. The Morgan fingerprint density at radius 2 is 2.14 bits per heavy atom. The minimum absolute atomic E-state index is 0.170. The molecule has 0 aromatic heterocycles. The molecule has 0 aromatic rings. The zero-order valence-corrected chi connectivity index (χ0v) is 8.95. The first-order valence-electron chi connectivity index (χ1n) is 5.24. The van der Waals surface area contributed by atoms with Gasteiger partial charge in [0.1, 0.15) is 0 Å². The van der Waals surface area contributed by atoms with E-state index in [2.05, 4.69) is 11.8 Å². The van der Waals surface area contributed by atoms with Gasteiger partial charge in [-0.25, -0.2) is 4.79 Å². The maximum atomic E-state index is 11.3. The first-order chi connectivity index (χ1) is 6.69. The molecule has 0 saturated carbocycles. The number of methoxy groups -OCH3 is 1. The molecule has 0 atom stereocenters. The van der Waals surface area contributed by atoms with Gasteiger partial charge in [-0.2, -0.15) is 0 Å². The predicted molar refractivity (Wildman–Crippen MR) is 53.1 cm³/mol. The Kier molecular flexibility index (Phi) is 2.39. The van der Waals surface area contributed by atoms with Crippen LogP contribution in [0.3, 0.4) is 0 Å². The van der Waals surface area contributed by atoms with Crippen LogP contribution in [0.1, 0.15) is 13.3 Å². The molecule has 4 nitrogen and oxygen atoms in total. The van der Waals surface area contributed by atoms with E-state index in [0.717, 1.165) is 39.1 Å². The average Bonchev–Trinajstić information content (AvgIpc) is 2.58. The van der Waals surface area contributed by atoms with Crippen LogP contribution in [0.25, 0.3) is 0 Å². The summed E-state index contributed by atoms with van der Waals surface area (Å²) in [4.78, 5) is 15.5. The summed E-state index contributed by atoms with van der Waals surface area (Å²) in [5.74, 6) is 0. The van der Waals surface area contributed by atoms with E-state index in [9.17, 15) is 4.79 Å². The molecule has 2 heterocycles. The van der Waals surface area contributed by atoms with Gasteiger partial charge in [0.15, 0.2) is 0 Å². The van der Waals surface area contributed by atoms with Crippen molar-refractivity contribution in [2.75, 3.05) is 39.8 Å². The van der Waals surface area contributed by atoms with Crippen molar-refractivity contribution >= 4 is 6.09 Å². The van der Waals surface area contributed by atoms with Gasteiger partial charge in [0.25, 0.3) is 0 Å². The number of amides is 1. The van der Waals surface area contributed by atoms with Crippen LogP contribution in [0.5, 0.6) is 0 Å². The number of nitrogens with zero attached hydrogens (tertiary/aromatic N) is 2. The average molecular weight is 198 g/mol. The molecule has 4 heteroatoms. The van der Waals surface area contributed by atoms with Crippen molar-refractivity contribution in [1.82, 2.24) is 9.80 Å². The van der Waals surface area contributed by atoms with Crippen LogP contribution in [-0.2, 0) is 4.74 Å². The topological polar surface area (TPSA) is 32.8 Å². The molecule has 2 rings (SSSR count). The fourth-order valence-corrected chi connectivity index (χ4v) is 2.60. The molecule has 14 heavy (non-hydrogen) atoms. The van der Waals surface area contributed by atoms with Gasteiger partial charge in [-0.3, -0.25) is 0 Å². The summed E-state index contributed by atoms with van der Waals surface area (Å²) in [6.45, 7) is 7.36. The normalized spacial score (nSPS) is 25.1. The van der Waals surface area contributed by atoms with Gasteiger partial charge in [-0.05, 0) is 13.0 Å². The van der Waals surface area contributed by atoms with Crippen molar-refractivity contribution in [3.63, 3.8) is 0 Å². The monoisotopic (exact) mass is 198 g/mol. The maximum Gasteiger partial charge on any atom is 0.409 e. The number of rotatable bonds is 1. The summed E-state index contributed by atoms with van der Waals surface area (Å²) >= 11 is 0. The Hall–Kier alpha value is -0.770. The first kappa shape index (κ1) is 9.77. The van der Waals surface area contributed by atoms with E-state index in [4.69, 9.17) is 4.74 Å². The van der Waals surface area contributed by atoms with Crippen molar-refractivity contribution in [3.8, 4) is 0 Å². The SMILES string of the molecule is CCN1CC2(CCN(C(=O)OC)C2)C1. The molecule has 0 N–H and O–H groups in total. The number of carbonyl (C=O) groups is 1. The van der Waals surface area contributed by atoms with E-state index < -0.39 is 0 Å². The third kappa shape index (κ3) is 1.47. The molecule has 2 aliphatic rings. The maximum absolute atomic E-state index is 11.3. The molecular weight excluding hydrogens is 180 g/mol. The summed E-state index contributed by atoms with van der Waals surface area (Å²) < 4.78 is 4.72. The lowest BCUT2D eigenvalue weighted by Gasteiger charge is -2.47. The zero-order chi connectivity index (χ0) is 10.2. The van der Waals surface area contributed by atoms with Crippen LogP contribution in [-0.4, -0.2) is 55.7 Å². The fourth-order valence-electron chi connectivity index (χ4n) is 2.60. The Morgan fingerprint density at radius 3 is 2.71 bits per heavy atom. The summed E-state index contributed by atoms with van der Waals surface area (Å²) in [5, 5.41) is 0. The molecule has 1 amide bonds. The van der Waals surface area contributed by atoms with Gasteiger partial charge in [0.05, 0.1) is 7.11 Å². The first-order valence-corrected chi connectivity index (χ1v) is 5.24. The van der Waals surface area contributed by atoms with Crippen molar-refractivity contribution in [2.24, 2.45) is 5.41 Å². The molecule has 0 aromatic carbocycles.